The Morgan fingerprint density at radius 3 is 2.17 bits per heavy atom. The summed E-state index contributed by atoms with van der Waals surface area (Å²) < 4.78 is 38.1. The lowest BCUT2D eigenvalue weighted by Gasteiger charge is -2.26. The average molecular weight is 263 g/mol. The summed E-state index contributed by atoms with van der Waals surface area (Å²) in [6, 6.07) is -0.785. The minimum atomic E-state index is -4.66. The first-order valence-corrected chi connectivity index (χ1v) is 5.38. The van der Waals surface area contributed by atoms with Gasteiger partial charge in [-0.25, -0.2) is 4.98 Å². The zero-order valence-corrected chi connectivity index (χ0v) is 10.6. The molecule has 4 nitrogen and oxygen atoms in total. The van der Waals surface area contributed by atoms with Crippen LogP contribution in [-0.4, -0.2) is 9.97 Å². The van der Waals surface area contributed by atoms with Crippen molar-refractivity contribution >= 4 is 0 Å². The summed E-state index contributed by atoms with van der Waals surface area (Å²) in [6.07, 6.45) is -4.66. The van der Waals surface area contributed by atoms with Gasteiger partial charge < -0.3 is 10.7 Å². The second-order valence-electron chi connectivity index (χ2n) is 5.27. The molecule has 7 heteroatoms. The summed E-state index contributed by atoms with van der Waals surface area (Å²) in [5, 5.41) is 0. The van der Waals surface area contributed by atoms with Crippen molar-refractivity contribution in [1.82, 2.24) is 9.97 Å². The highest BCUT2D eigenvalue weighted by atomic mass is 19.4. The topological polar surface area (TPSA) is 71.8 Å². The first kappa shape index (κ1) is 14.7. The van der Waals surface area contributed by atoms with E-state index in [-0.39, 0.29) is 5.82 Å². The summed E-state index contributed by atoms with van der Waals surface area (Å²) in [4.78, 5) is 17.3. The summed E-state index contributed by atoms with van der Waals surface area (Å²) >= 11 is 0. The van der Waals surface area contributed by atoms with Gasteiger partial charge in [-0.1, -0.05) is 20.8 Å². The van der Waals surface area contributed by atoms with Gasteiger partial charge >= 0.3 is 6.18 Å². The number of hydrogen-bond acceptors (Lipinski definition) is 3. The first-order chi connectivity index (χ1) is 7.94. The van der Waals surface area contributed by atoms with Gasteiger partial charge in [0.2, 0.25) is 0 Å². The fourth-order valence-corrected chi connectivity index (χ4v) is 1.38. The van der Waals surface area contributed by atoms with Crippen molar-refractivity contribution in [2.24, 2.45) is 11.1 Å². The molecule has 0 aliphatic carbocycles. The number of aromatic amines is 1. The van der Waals surface area contributed by atoms with E-state index in [1.165, 1.54) is 0 Å². The quantitative estimate of drug-likeness (QED) is 0.815. The average Bonchev–Trinajstić information content (AvgIpc) is 2.17. The number of nitrogens with one attached hydrogen (secondary N) is 1. The third-order valence-electron chi connectivity index (χ3n) is 2.67. The molecule has 3 N–H and O–H groups in total. The number of nitrogens with two attached hydrogens (primary N) is 1. The van der Waals surface area contributed by atoms with Gasteiger partial charge in [-0.05, 0) is 12.3 Å². The SMILES string of the molecule is Cc1c(C(F)(F)F)nc(C(N)C(C)(C)C)[nH]c1=O. The fraction of sp³-hybridized carbons (Fsp3) is 0.636. The number of alkyl halides is 3. The molecule has 0 spiro atoms. The number of rotatable bonds is 1. The molecule has 1 aromatic heterocycles. The molecule has 0 saturated carbocycles. The normalized spacial score (nSPS) is 14.7. The third kappa shape index (κ3) is 2.90. The Balaban J connectivity index is 3.43. The highest BCUT2D eigenvalue weighted by Crippen LogP contribution is 2.32. The van der Waals surface area contributed by atoms with Gasteiger partial charge in [0.25, 0.3) is 5.56 Å². The highest BCUT2D eigenvalue weighted by molar-refractivity contribution is 5.20. The van der Waals surface area contributed by atoms with E-state index in [1.807, 2.05) is 0 Å². The van der Waals surface area contributed by atoms with Crippen molar-refractivity contribution in [2.75, 3.05) is 0 Å². The van der Waals surface area contributed by atoms with Crippen LogP contribution in [0.25, 0.3) is 0 Å². The number of H-pyrrole nitrogens is 1. The summed E-state index contributed by atoms with van der Waals surface area (Å²) in [5.41, 5.74) is 2.85. The molecule has 0 amide bonds. The molecule has 1 atom stereocenters. The molecule has 0 fully saturated rings. The Bertz CT molecular complexity index is 500. The van der Waals surface area contributed by atoms with Crippen LogP contribution in [0.4, 0.5) is 13.2 Å². The molecule has 1 aromatic rings. The monoisotopic (exact) mass is 263 g/mol. The second kappa shape index (κ2) is 4.38. The van der Waals surface area contributed by atoms with Crippen molar-refractivity contribution in [3.8, 4) is 0 Å². The standard InChI is InChI=1S/C11H16F3N3O/c1-5-7(11(12,13)14)16-8(17-9(5)18)6(15)10(2,3)4/h6H,15H2,1-4H3,(H,16,17,18). The van der Waals surface area contributed by atoms with Crippen molar-refractivity contribution in [3.05, 3.63) is 27.4 Å². The number of nitrogens with zero attached hydrogens (tertiary/aromatic N) is 1. The van der Waals surface area contributed by atoms with Gasteiger partial charge in [0.15, 0.2) is 5.69 Å². The van der Waals surface area contributed by atoms with Crippen LogP contribution in [0.15, 0.2) is 4.79 Å². The van der Waals surface area contributed by atoms with Crippen LogP contribution in [0, 0.1) is 12.3 Å². The maximum Gasteiger partial charge on any atom is 0.433 e. The highest BCUT2D eigenvalue weighted by Gasteiger charge is 2.37. The Kier molecular flexibility index (Phi) is 3.58. The van der Waals surface area contributed by atoms with Crippen molar-refractivity contribution in [3.63, 3.8) is 0 Å². The molecule has 0 aliphatic heterocycles. The minimum absolute atomic E-state index is 0.148. The van der Waals surface area contributed by atoms with Gasteiger partial charge in [-0.15, -0.1) is 0 Å². The van der Waals surface area contributed by atoms with Crippen molar-refractivity contribution in [1.29, 1.82) is 0 Å². The van der Waals surface area contributed by atoms with E-state index in [0.717, 1.165) is 6.92 Å². The molecule has 18 heavy (non-hydrogen) atoms. The Morgan fingerprint density at radius 2 is 1.78 bits per heavy atom. The van der Waals surface area contributed by atoms with Gasteiger partial charge in [0, 0.05) is 5.56 Å². The molecule has 0 radical (unpaired) electrons. The molecular weight excluding hydrogens is 247 g/mol. The zero-order valence-electron chi connectivity index (χ0n) is 10.6. The maximum absolute atomic E-state index is 12.7. The van der Waals surface area contributed by atoms with Crippen LogP contribution in [0.3, 0.4) is 0 Å². The minimum Gasteiger partial charge on any atom is -0.321 e. The molecule has 102 valence electrons. The number of halogens is 3. The number of hydrogen-bond donors (Lipinski definition) is 2. The lowest BCUT2D eigenvalue weighted by Crippen LogP contribution is -2.32. The van der Waals surface area contributed by atoms with Crippen LogP contribution in [0.5, 0.6) is 0 Å². The summed E-state index contributed by atoms with van der Waals surface area (Å²) in [5.74, 6) is -0.148. The van der Waals surface area contributed by atoms with E-state index >= 15 is 0 Å². The van der Waals surface area contributed by atoms with Crippen LogP contribution < -0.4 is 11.3 Å². The first-order valence-electron chi connectivity index (χ1n) is 5.38. The Labute approximate surface area is 102 Å². The van der Waals surface area contributed by atoms with E-state index in [1.54, 1.807) is 20.8 Å². The van der Waals surface area contributed by atoms with E-state index in [2.05, 4.69) is 9.97 Å². The molecule has 0 saturated heterocycles. The van der Waals surface area contributed by atoms with Crippen LogP contribution in [-0.2, 0) is 6.18 Å². The van der Waals surface area contributed by atoms with E-state index in [9.17, 15) is 18.0 Å². The van der Waals surface area contributed by atoms with Crippen LogP contribution >= 0.6 is 0 Å². The zero-order chi connectivity index (χ0) is 14.3. The lowest BCUT2D eigenvalue weighted by molar-refractivity contribution is -0.142. The summed E-state index contributed by atoms with van der Waals surface area (Å²) in [7, 11) is 0. The fourth-order valence-electron chi connectivity index (χ4n) is 1.38. The Morgan fingerprint density at radius 1 is 1.28 bits per heavy atom. The Hall–Kier alpha value is -1.37. The van der Waals surface area contributed by atoms with Gasteiger partial charge in [-0.3, -0.25) is 4.79 Å². The van der Waals surface area contributed by atoms with Gasteiger partial charge in [-0.2, -0.15) is 13.2 Å². The summed E-state index contributed by atoms with van der Waals surface area (Å²) in [6.45, 7) is 6.35. The smallest absolute Gasteiger partial charge is 0.321 e. The predicted octanol–water partition coefficient (Wildman–Crippen LogP) is 2.14. The van der Waals surface area contributed by atoms with E-state index in [0.29, 0.717) is 0 Å². The molecule has 1 heterocycles. The van der Waals surface area contributed by atoms with Crippen molar-refractivity contribution in [2.45, 2.75) is 39.9 Å². The molecule has 0 bridgehead atoms. The van der Waals surface area contributed by atoms with E-state index < -0.39 is 34.4 Å². The van der Waals surface area contributed by atoms with Gasteiger partial charge in [0.05, 0.1) is 6.04 Å². The molecule has 0 aromatic carbocycles. The third-order valence-corrected chi connectivity index (χ3v) is 2.67. The largest absolute Gasteiger partial charge is 0.433 e. The van der Waals surface area contributed by atoms with Gasteiger partial charge in [0.1, 0.15) is 5.82 Å². The number of aromatic nitrogens is 2. The maximum atomic E-state index is 12.7. The van der Waals surface area contributed by atoms with Crippen molar-refractivity contribution < 1.29 is 13.2 Å². The molecule has 1 unspecified atom stereocenters. The molecule has 1 rings (SSSR count). The molecular formula is C11H16F3N3O. The molecule has 0 aliphatic rings. The van der Waals surface area contributed by atoms with Crippen LogP contribution in [0.2, 0.25) is 0 Å². The second-order valence-corrected chi connectivity index (χ2v) is 5.27. The van der Waals surface area contributed by atoms with E-state index in [4.69, 9.17) is 5.73 Å². The lowest BCUT2D eigenvalue weighted by atomic mass is 9.87. The van der Waals surface area contributed by atoms with Crippen LogP contribution in [0.1, 0.15) is 43.9 Å². The predicted molar refractivity (Wildman–Crippen MR) is 61.0 cm³/mol.